The number of anilines is 2. The molecule has 20 heavy (non-hydrogen) atoms. The molecule has 1 aromatic rings. The predicted molar refractivity (Wildman–Crippen MR) is 79.9 cm³/mol. The first-order valence-corrected chi connectivity index (χ1v) is 6.92. The Morgan fingerprint density at radius 1 is 1.40 bits per heavy atom. The molecule has 0 aliphatic carbocycles. The van der Waals surface area contributed by atoms with Crippen LogP contribution in [0.25, 0.3) is 0 Å². The minimum absolute atomic E-state index is 0.484. The topological polar surface area (TPSA) is 60.6 Å². The van der Waals surface area contributed by atoms with E-state index in [-0.39, 0.29) is 0 Å². The number of ether oxygens (including phenoxy) is 2. The maximum Gasteiger partial charge on any atom is 0.217 e. The number of unbranched alkanes of at least 4 members (excludes halogenated alkanes) is 1. The Kier molecular flexibility index (Phi) is 5.51. The second-order valence-corrected chi connectivity index (χ2v) is 4.57. The lowest BCUT2D eigenvalue weighted by Gasteiger charge is -2.29. The van der Waals surface area contributed by atoms with Gasteiger partial charge in [-0.3, -0.25) is 0 Å². The van der Waals surface area contributed by atoms with Crippen LogP contribution in [0.15, 0.2) is 12.1 Å². The van der Waals surface area contributed by atoms with Gasteiger partial charge in [0.1, 0.15) is 5.82 Å². The molecule has 0 spiro atoms. The Morgan fingerprint density at radius 2 is 2.20 bits per heavy atom. The van der Waals surface area contributed by atoms with Gasteiger partial charge in [-0.25, -0.2) is 0 Å². The fourth-order valence-corrected chi connectivity index (χ4v) is 2.05. The molecule has 1 saturated heterocycles. The van der Waals surface area contributed by atoms with Gasteiger partial charge in [-0.1, -0.05) is 0 Å². The van der Waals surface area contributed by atoms with Crippen molar-refractivity contribution < 1.29 is 9.47 Å². The Morgan fingerprint density at radius 3 is 2.95 bits per heavy atom. The molecule has 2 heterocycles. The number of nitrogens with zero attached hydrogens (tertiary/aromatic N) is 2. The van der Waals surface area contributed by atoms with E-state index in [1.807, 2.05) is 19.1 Å². The van der Waals surface area contributed by atoms with Crippen LogP contribution in [0.2, 0.25) is 0 Å². The van der Waals surface area contributed by atoms with Gasteiger partial charge in [0.2, 0.25) is 5.88 Å². The smallest absolute Gasteiger partial charge is 0.217 e. The summed E-state index contributed by atoms with van der Waals surface area (Å²) in [4.78, 5) is 6.44. The van der Waals surface area contributed by atoms with Crippen molar-refractivity contribution in [3.63, 3.8) is 0 Å². The van der Waals surface area contributed by atoms with Gasteiger partial charge in [0, 0.05) is 37.3 Å². The average Bonchev–Trinajstić information content (AvgIpc) is 2.47. The van der Waals surface area contributed by atoms with E-state index in [2.05, 4.69) is 21.7 Å². The van der Waals surface area contributed by atoms with Crippen molar-refractivity contribution in [2.24, 2.45) is 0 Å². The number of rotatable bonds is 5. The van der Waals surface area contributed by atoms with Crippen molar-refractivity contribution in [2.45, 2.75) is 19.8 Å². The lowest BCUT2D eigenvalue weighted by Crippen LogP contribution is -2.36. The zero-order chi connectivity index (χ0) is 14.2. The highest BCUT2D eigenvalue weighted by Crippen LogP contribution is 2.23. The minimum Gasteiger partial charge on any atom is -0.478 e. The molecule has 108 valence electrons. The first-order valence-electron chi connectivity index (χ1n) is 6.92. The maximum absolute atomic E-state index is 5.85. The van der Waals surface area contributed by atoms with Crippen LogP contribution in [0.5, 0.6) is 5.88 Å². The molecule has 0 bridgehead atoms. The van der Waals surface area contributed by atoms with E-state index in [0.717, 1.165) is 44.8 Å². The van der Waals surface area contributed by atoms with Crippen LogP contribution in [0.1, 0.15) is 19.8 Å². The summed E-state index contributed by atoms with van der Waals surface area (Å²) in [7, 11) is 0. The standard InChI is InChI=1S/C15H21N3O2/c1-2-3-4-5-8-20-15-12-13(11-14(16)17-15)18-6-9-19-10-7-18/h11-12H,4-10H2,1H3,(H2,16,17). The van der Waals surface area contributed by atoms with E-state index < -0.39 is 0 Å². The second kappa shape index (κ2) is 7.61. The molecular formula is C15H21N3O2. The minimum atomic E-state index is 0.484. The summed E-state index contributed by atoms with van der Waals surface area (Å²) in [6.45, 7) is 5.68. The Labute approximate surface area is 120 Å². The van der Waals surface area contributed by atoms with Crippen molar-refractivity contribution in [3.05, 3.63) is 12.1 Å². The van der Waals surface area contributed by atoms with Gasteiger partial charge < -0.3 is 20.1 Å². The highest BCUT2D eigenvalue weighted by Gasteiger charge is 2.13. The monoisotopic (exact) mass is 275 g/mol. The van der Waals surface area contributed by atoms with E-state index in [9.17, 15) is 0 Å². The first-order chi connectivity index (χ1) is 9.79. The number of nitrogen functional groups attached to an aromatic ring is 1. The van der Waals surface area contributed by atoms with Crippen LogP contribution in [0, 0.1) is 11.8 Å². The number of hydrogen-bond donors (Lipinski definition) is 1. The zero-order valence-electron chi connectivity index (χ0n) is 11.9. The van der Waals surface area contributed by atoms with Gasteiger partial charge in [-0.15, -0.1) is 11.8 Å². The van der Waals surface area contributed by atoms with Crippen LogP contribution >= 0.6 is 0 Å². The molecule has 5 heteroatoms. The highest BCUT2D eigenvalue weighted by atomic mass is 16.5. The molecule has 1 fully saturated rings. The summed E-state index contributed by atoms with van der Waals surface area (Å²) in [6, 6.07) is 3.81. The van der Waals surface area contributed by atoms with E-state index in [1.165, 1.54) is 0 Å². The van der Waals surface area contributed by atoms with Crippen molar-refractivity contribution >= 4 is 11.5 Å². The fourth-order valence-electron chi connectivity index (χ4n) is 2.05. The van der Waals surface area contributed by atoms with Crippen molar-refractivity contribution in [1.82, 2.24) is 4.98 Å². The quantitative estimate of drug-likeness (QED) is 0.654. The number of hydrogen-bond acceptors (Lipinski definition) is 5. The third-order valence-electron chi connectivity index (χ3n) is 3.06. The number of pyridine rings is 1. The SMILES string of the molecule is CC#CCCCOc1cc(N2CCOCC2)cc(N)n1. The molecule has 0 saturated carbocycles. The third-order valence-corrected chi connectivity index (χ3v) is 3.06. The normalized spacial score (nSPS) is 14.6. The van der Waals surface area contributed by atoms with Crippen LogP contribution in [0.3, 0.4) is 0 Å². The summed E-state index contributed by atoms with van der Waals surface area (Å²) in [5.74, 6) is 6.94. The second-order valence-electron chi connectivity index (χ2n) is 4.57. The molecule has 1 aliphatic rings. The van der Waals surface area contributed by atoms with Crippen LogP contribution in [-0.2, 0) is 4.74 Å². The summed E-state index contributed by atoms with van der Waals surface area (Å²) in [6.07, 6.45) is 1.74. The lowest BCUT2D eigenvalue weighted by atomic mass is 10.3. The van der Waals surface area contributed by atoms with Crippen molar-refractivity contribution in [1.29, 1.82) is 0 Å². The Balaban J connectivity index is 1.94. The summed E-state index contributed by atoms with van der Waals surface area (Å²) >= 11 is 0. The fraction of sp³-hybridized carbons (Fsp3) is 0.533. The lowest BCUT2D eigenvalue weighted by molar-refractivity contribution is 0.122. The Bertz CT molecular complexity index is 488. The summed E-state index contributed by atoms with van der Waals surface area (Å²) in [5.41, 5.74) is 6.89. The first kappa shape index (κ1) is 14.5. The number of aromatic nitrogens is 1. The highest BCUT2D eigenvalue weighted by molar-refractivity contribution is 5.55. The Hall–Kier alpha value is -1.93. The predicted octanol–water partition coefficient (Wildman–Crippen LogP) is 1.68. The summed E-state index contributed by atoms with van der Waals surface area (Å²) in [5, 5.41) is 0. The summed E-state index contributed by atoms with van der Waals surface area (Å²) < 4.78 is 11.0. The van der Waals surface area contributed by atoms with Gasteiger partial charge >= 0.3 is 0 Å². The van der Waals surface area contributed by atoms with E-state index >= 15 is 0 Å². The van der Waals surface area contributed by atoms with E-state index in [1.54, 1.807) is 0 Å². The molecular weight excluding hydrogens is 254 g/mol. The van der Waals surface area contributed by atoms with Gasteiger partial charge in [0.25, 0.3) is 0 Å². The molecule has 1 aliphatic heterocycles. The molecule has 0 radical (unpaired) electrons. The number of morpholine rings is 1. The molecule has 0 atom stereocenters. The molecule has 2 N–H and O–H groups in total. The van der Waals surface area contributed by atoms with Crippen LogP contribution in [0.4, 0.5) is 11.5 Å². The largest absolute Gasteiger partial charge is 0.478 e. The molecule has 1 aromatic heterocycles. The van der Waals surface area contributed by atoms with Gasteiger partial charge in [0.15, 0.2) is 0 Å². The molecule has 0 unspecified atom stereocenters. The molecule has 0 aromatic carbocycles. The van der Waals surface area contributed by atoms with E-state index in [0.29, 0.717) is 18.3 Å². The maximum atomic E-state index is 5.85. The third kappa shape index (κ3) is 4.32. The number of nitrogens with two attached hydrogens (primary N) is 1. The van der Waals surface area contributed by atoms with Gasteiger partial charge in [-0.2, -0.15) is 4.98 Å². The van der Waals surface area contributed by atoms with Crippen LogP contribution < -0.4 is 15.4 Å². The zero-order valence-corrected chi connectivity index (χ0v) is 11.9. The molecule has 5 nitrogen and oxygen atoms in total. The average molecular weight is 275 g/mol. The van der Waals surface area contributed by atoms with Crippen LogP contribution in [-0.4, -0.2) is 37.9 Å². The van der Waals surface area contributed by atoms with E-state index in [4.69, 9.17) is 15.2 Å². The molecule has 2 rings (SSSR count). The van der Waals surface area contributed by atoms with Crippen molar-refractivity contribution in [3.8, 4) is 17.7 Å². The molecule has 0 amide bonds. The van der Waals surface area contributed by atoms with Gasteiger partial charge in [-0.05, 0) is 13.3 Å². The van der Waals surface area contributed by atoms with Crippen molar-refractivity contribution in [2.75, 3.05) is 43.5 Å². The van der Waals surface area contributed by atoms with Gasteiger partial charge in [0.05, 0.1) is 19.8 Å².